The van der Waals surface area contributed by atoms with Gasteiger partial charge < -0.3 is 10.5 Å². The van der Waals surface area contributed by atoms with Gasteiger partial charge in [0.15, 0.2) is 0 Å². The van der Waals surface area contributed by atoms with Crippen molar-refractivity contribution in [2.24, 2.45) is 0 Å². The van der Waals surface area contributed by atoms with Crippen LogP contribution < -0.4 is 5.73 Å². The number of alkyl halides is 3. The van der Waals surface area contributed by atoms with E-state index in [0.717, 1.165) is 6.20 Å². The van der Waals surface area contributed by atoms with Gasteiger partial charge in [0, 0.05) is 22.7 Å². The monoisotopic (exact) mass is 322 g/mol. The molecule has 0 saturated carbocycles. The van der Waals surface area contributed by atoms with Gasteiger partial charge in [0.2, 0.25) is 0 Å². The molecule has 0 atom stereocenters. The van der Waals surface area contributed by atoms with Crippen molar-refractivity contribution in [3.05, 3.63) is 22.9 Å². The number of esters is 1. The van der Waals surface area contributed by atoms with E-state index in [1.165, 1.54) is 0 Å². The highest BCUT2D eigenvalue weighted by atomic mass is 79.9. The minimum Gasteiger partial charge on any atom is -0.466 e. The fourth-order valence-corrected chi connectivity index (χ4v) is 2.15. The third-order valence-electron chi connectivity index (χ3n) is 2.36. The number of carbonyl (C=O) groups is 1. The Morgan fingerprint density at radius 3 is 2.72 bits per heavy atom. The lowest BCUT2D eigenvalue weighted by atomic mass is 10.0. The maximum Gasteiger partial charge on any atom is 0.310 e. The van der Waals surface area contributed by atoms with Crippen molar-refractivity contribution in [3.8, 4) is 0 Å². The van der Waals surface area contributed by atoms with E-state index >= 15 is 0 Å². The van der Waals surface area contributed by atoms with Crippen LogP contribution in [0.25, 0.3) is 0 Å². The van der Waals surface area contributed by atoms with Crippen LogP contribution >= 0.6 is 15.9 Å². The summed E-state index contributed by atoms with van der Waals surface area (Å²) in [6, 6.07) is 0. The number of anilines is 1. The summed E-state index contributed by atoms with van der Waals surface area (Å²) in [6.45, 7) is 1.85. The second kappa shape index (κ2) is 6.63. The van der Waals surface area contributed by atoms with Crippen molar-refractivity contribution in [2.75, 3.05) is 12.3 Å². The van der Waals surface area contributed by atoms with Gasteiger partial charge in [-0.25, -0.2) is 13.8 Å². The number of nitrogens with two attached hydrogens (primary N) is 1. The molecule has 4 nitrogen and oxygen atoms in total. The predicted octanol–water partition coefficient (Wildman–Crippen LogP) is 2.60. The smallest absolute Gasteiger partial charge is 0.310 e. The van der Waals surface area contributed by atoms with Gasteiger partial charge in [-0.3, -0.25) is 4.79 Å². The number of hydrogen-bond donors (Lipinski definition) is 1. The zero-order chi connectivity index (χ0) is 13.7. The Labute approximate surface area is 112 Å². The van der Waals surface area contributed by atoms with Gasteiger partial charge in [-0.15, -0.1) is 0 Å². The highest BCUT2D eigenvalue weighted by Gasteiger charge is 2.21. The molecular formula is C11H13BrF2N2O2. The Morgan fingerprint density at radius 2 is 2.22 bits per heavy atom. The van der Waals surface area contributed by atoms with Crippen LogP contribution in [0.15, 0.2) is 6.20 Å². The van der Waals surface area contributed by atoms with E-state index in [2.05, 4.69) is 20.9 Å². The van der Waals surface area contributed by atoms with Crippen LogP contribution in [0.5, 0.6) is 0 Å². The molecule has 0 spiro atoms. The highest BCUT2D eigenvalue weighted by molar-refractivity contribution is 9.08. The lowest BCUT2D eigenvalue weighted by Gasteiger charge is -2.14. The lowest BCUT2D eigenvalue weighted by molar-refractivity contribution is -0.142. The number of rotatable bonds is 5. The maximum absolute atomic E-state index is 12.9. The number of nitrogen functional groups attached to an aromatic ring is 1. The molecule has 0 fully saturated rings. The van der Waals surface area contributed by atoms with E-state index in [9.17, 15) is 13.6 Å². The molecule has 1 aromatic rings. The summed E-state index contributed by atoms with van der Waals surface area (Å²) in [5.41, 5.74) is 5.92. The molecule has 1 rings (SSSR count). The highest BCUT2D eigenvalue weighted by Crippen LogP contribution is 2.29. The van der Waals surface area contributed by atoms with Gasteiger partial charge >= 0.3 is 5.97 Å². The molecule has 1 aromatic heterocycles. The molecule has 18 heavy (non-hydrogen) atoms. The Hall–Kier alpha value is -1.24. The average Bonchev–Trinajstić information content (AvgIpc) is 2.29. The zero-order valence-electron chi connectivity index (χ0n) is 9.75. The first-order chi connectivity index (χ1) is 8.51. The van der Waals surface area contributed by atoms with Crippen molar-refractivity contribution in [3.63, 3.8) is 0 Å². The summed E-state index contributed by atoms with van der Waals surface area (Å²) in [5, 5.41) is 0.251. The molecule has 2 N–H and O–H groups in total. The van der Waals surface area contributed by atoms with Crippen LogP contribution in [-0.4, -0.2) is 17.6 Å². The second-order valence-electron chi connectivity index (χ2n) is 3.47. The quantitative estimate of drug-likeness (QED) is 0.668. The summed E-state index contributed by atoms with van der Waals surface area (Å²) >= 11 is 3.15. The van der Waals surface area contributed by atoms with Gasteiger partial charge in [0.1, 0.15) is 5.82 Å². The topological polar surface area (TPSA) is 65.2 Å². The number of ether oxygens (including phenoxy) is 1. The van der Waals surface area contributed by atoms with Crippen LogP contribution in [0.3, 0.4) is 0 Å². The molecule has 0 aliphatic rings. The normalized spacial score (nSPS) is 10.7. The Balaban J connectivity index is 3.19. The molecule has 0 radical (unpaired) electrons. The summed E-state index contributed by atoms with van der Waals surface area (Å²) < 4.78 is 30.5. The SMILES string of the molecule is CCOC(=O)Cc1c(C(F)F)cnc(N)c1CBr. The summed E-state index contributed by atoms with van der Waals surface area (Å²) in [5.74, 6) is -0.428. The third-order valence-corrected chi connectivity index (χ3v) is 2.92. The molecule has 1 heterocycles. The molecule has 100 valence electrons. The second-order valence-corrected chi connectivity index (χ2v) is 4.03. The van der Waals surface area contributed by atoms with Crippen molar-refractivity contribution in [1.29, 1.82) is 0 Å². The van der Waals surface area contributed by atoms with E-state index < -0.39 is 12.4 Å². The standard InChI is InChI=1S/C11H13BrF2N2O2/c1-2-18-9(17)3-6-7(4-12)11(15)16-5-8(6)10(13)14/h5,10H,2-4H2,1H3,(H2,15,16). The van der Waals surface area contributed by atoms with Crippen LogP contribution in [0.4, 0.5) is 14.6 Å². The molecule has 7 heteroatoms. The van der Waals surface area contributed by atoms with E-state index in [0.29, 0.717) is 5.56 Å². The Bertz CT molecular complexity index is 441. The fraction of sp³-hybridized carbons (Fsp3) is 0.455. The predicted molar refractivity (Wildman–Crippen MR) is 66.6 cm³/mol. The van der Waals surface area contributed by atoms with Gasteiger partial charge in [-0.1, -0.05) is 15.9 Å². The largest absolute Gasteiger partial charge is 0.466 e. The van der Waals surface area contributed by atoms with E-state index in [1.54, 1.807) is 6.92 Å². The number of aromatic nitrogens is 1. The number of hydrogen-bond acceptors (Lipinski definition) is 4. The first-order valence-electron chi connectivity index (χ1n) is 5.27. The molecule has 0 amide bonds. The first-order valence-corrected chi connectivity index (χ1v) is 6.39. The fourth-order valence-electron chi connectivity index (χ4n) is 1.53. The minimum absolute atomic E-state index is 0.135. The minimum atomic E-state index is -2.71. The number of carbonyl (C=O) groups excluding carboxylic acids is 1. The van der Waals surface area contributed by atoms with Crippen LogP contribution in [0.1, 0.15) is 30.0 Å². The molecular weight excluding hydrogens is 310 g/mol. The zero-order valence-corrected chi connectivity index (χ0v) is 11.3. The number of nitrogens with zero attached hydrogens (tertiary/aromatic N) is 1. The van der Waals surface area contributed by atoms with Gasteiger partial charge in [0.05, 0.1) is 13.0 Å². The Morgan fingerprint density at radius 1 is 1.56 bits per heavy atom. The van der Waals surface area contributed by atoms with Crippen molar-refractivity contribution >= 4 is 27.7 Å². The van der Waals surface area contributed by atoms with Crippen molar-refractivity contribution in [1.82, 2.24) is 4.98 Å². The summed E-state index contributed by atoms with van der Waals surface area (Å²) in [6.07, 6.45) is -1.94. The molecule has 0 saturated heterocycles. The molecule has 0 aliphatic heterocycles. The van der Waals surface area contributed by atoms with Crippen LogP contribution in [0, 0.1) is 0 Å². The summed E-state index contributed by atoms with van der Waals surface area (Å²) in [7, 11) is 0. The third kappa shape index (κ3) is 3.38. The lowest BCUT2D eigenvalue weighted by Crippen LogP contribution is -2.13. The first kappa shape index (κ1) is 14.8. The number of pyridine rings is 1. The number of halogens is 3. The van der Waals surface area contributed by atoms with Gasteiger partial charge in [0.25, 0.3) is 6.43 Å². The molecule has 0 bridgehead atoms. The maximum atomic E-state index is 12.9. The van der Waals surface area contributed by atoms with E-state index in [4.69, 9.17) is 10.5 Å². The Kier molecular flexibility index (Phi) is 5.46. The molecule has 0 aromatic carbocycles. The van der Waals surface area contributed by atoms with Crippen molar-refractivity contribution < 1.29 is 18.3 Å². The van der Waals surface area contributed by atoms with E-state index in [1.807, 2.05) is 0 Å². The van der Waals surface area contributed by atoms with Crippen LogP contribution in [-0.2, 0) is 21.3 Å². The molecule has 0 unspecified atom stereocenters. The van der Waals surface area contributed by atoms with E-state index in [-0.39, 0.29) is 35.3 Å². The van der Waals surface area contributed by atoms with Gasteiger partial charge in [-0.2, -0.15) is 0 Å². The van der Waals surface area contributed by atoms with Crippen LogP contribution in [0.2, 0.25) is 0 Å². The van der Waals surface area contributed by atoms with Gasteiger partial charge in [-0.05, 0) is 12.5 Å². The average molecular weight is 323 g/mol. The summed E-state index contributed by atoms with van der Waals surface area (Å²) in [4.78, 5) is 15.1. The van der Waals surface area contributed by atoms with Crippen molar-refractivity contribution in [2.45, 2.75) is 25.1 Å². The molecule has 0 aliphatic carbocycles.